The fourth-order valence-electron chi connectivity index (χ4n) is 1.41. The summed E-state index contributed by atoms with van der Waals surface area (Å²) < 4.78 is 11.8. The molecular weight excluding hydrogens is 262 g/mol. The fraction of sp³-hybridized carbons (Fsp3) is 0.0714. The van der Waals surface area contributed by atoms with E-state index in [9.17, 15) is 4.21 Å². The minimum Gasteiger partial charge on any atom is -0.255 e. The molecule has 2 rings (SSSR count). The van der Waals surface area contributed by atoms with E-state index in [0.29, 0.717) is 11.3 Å². The minimum atomic E-state index is -1.02. The van der Waals surface area contributed by atoms with Gasteiger partial charge in [0.1, 0.15) is 0 Å². The average molecular weight is 273 g/mol. The molecule has 1 unspecified atom stereocenters. The van der Waals surface area contributed by atoms with Crippen molar-refractivity contribution >= 4 is 28.2 Å². The number of nitrogens with zero attached hydrogens (tertiary/aromatic N) is 1. The number of thiophene rings is 1. The molecule has 1 aromatic heterocycles. The standard InChI is InChI=1S/C14H11NOS2/c15-9-12-1-3-14(4-2-12)11-18(16)8-6-13-5-7-17-10-13/h1-8,10H,11H2/b8-6+. The Bertz CT molecular complexity index is 592. The van der Waals surface area contributed by atoms with Crippen molar-refractivity contribution in [3.63, 3.8) is 0 Å². The van der Waals surface area contributed by atoms with Gasteiger partial charge in [0.2, 0.25) is 0 Å². The van der Waals surface area contributed by atoms with Crippen LogP contribution in [0.5, 0.6) is 0 Å². The van der Waals surface area contributed by atoms with Crippen LogP contribution in [-0.2, 0) is 16.6 Å². The van der Waals surface area contributed by atoms with Crippen molar-refractivity contribution in [2.45, 2.75) is 5.75 Å². The van der Waals surface area contributed by atoms with Crippen molar-refractivity contribution in [1.29, 1.82) is 5.26 Å². The maximum Gasteiger partial charge on any atom is 0.0991 e. The lowest BCUT2D eigenvalue weighted by molar-refractivity contribution is 0.688. The average Bonchev–Trinajstić information content (AvgIpc) is 2.90. The predicted molar refractivity (Wildman–Crippen MR) is 76.4 cm³/mol. The molecule has 0 radical (unpaired) electrons. The Morgan fingerprint density at radius 2 is 2.06 bits per heavy atom. The summed E-state index contributed by atoms with van der Waals surface area (Å²) in [6.07, 6.45) is 1.87. The second-order valence-corrected chi connectivity index (χ2v) is 5.80. The third kappa shape index (κ3) is 3.66. The highest BCUT2D eigenvalue weighted by Crippen LogP contribution is 2.10. The second-order valence-electron chi connectivity index (χ2n) is 3.69. The molecule has 1 heterocycles. The van der Waals surface area contributed by atoms with E-state index in [0.717, 1.165) is 11.1 Å². The van der Waals surface area contributed by atoms with Gasteiger partial charge in [-0.05, 0) is 46.2 Å². The topological polar surface area (TPSA) is 40.9 Å². The Morgan fingerprint density at radius 1 is 1.28 bits per heavy atom. The highest BCUT2D eigenvalue weighted by molar-refractivity contribution is 7.87. The van der Waals surface area contributed by atoms with Crippen LogP contribution in [0.2, 0.25) is 0 Å². The summed E-state index contributed by atoms with van der Waals surface area (Å²) in [7, 11) is -1.02. The van der Waals surface area contributed by atoms with E-state index in [-0.39, 0.29) is 0 Å². The number of rotatable bonds is 4. The molecule has 4 heteroatoms. The van der Waals surface area contributed by atoms with Crippen molar-refractivity contribution in [2.75, 3.05) is 0 Å². The summed E-state index contributed by atoms with van der Waals surface area (Å²) in [6, 6.07) is 11.2. The third-order valence-electron chi connectivity index (χ3n) is 2.35. The van der Waals surface area contributed by atoms with Crippen LogP contribution in [0.1, 0.15) is 16.7 Å². The van der Waals surface area contributed by atoms with Gasteiger partial charge in [-0.3, -0.25) is 4.21 Å². The van der Waals surface area contributed by atoms with Gasteiger partial charge in [-0.25, -0.2) is 0 Å². The highest BCUT2D eigenvalue weighted by atomic mass is 32.2. The molecule has 0 aliphatic carbocycles. The molecule has 0 amide bonds. The number of benzene rings is 1. The number of nitriles is 1. The van der Waals surface area contributed by atoms with Gasteiger partial charge in [0.15, 0.2) is 0 Å². The fourth-order valence-corrected chi connectivity index (χ4v) is 2.97. The zero-order chi connectivity index (χ0) is 12.8. The quantitative estimate of drug-likeness (QED) is 0.855. The molecule has 0 spiro atoms. The summed E-state index contributed by atoms with van der Waals surface area (Å²) in [6.45, 7) is 0. The first kappa shape index (κ1) is 12.7. The Balaban J connectivity index is 1.97. The molecule has 0 bridgehead atoms. The zero-order valence-electron chi connectivity index (χ0n) is 9.58. The summed E-state index contributed by atoms with van der Waals surface area (Å²) in [5.41, 5.74) is 2.67. The molecule has 0 saturated heterocycles. The monoisotopic (exact) mass is 273 g/mol. The van der Waals surface area contributed by atoms with Gasteiger partial charge in [0.05, 0.1) is 28.2 Å². The Labute approximate surface area is 113 Å². The molecule has 2 nitrogen and oxygen atoms in total. The van der Waals surface area contributed by atoms with E-state index in [2.05, 4.69) is 6.07 Å². The Kier molecular flexibility index (Phi) is 4.46. The van der Waals surface area contributed by atoms with Gasteiger partial charge in [0, 0.05) is 5.41 Å². The summed E-state index contributed by atoms with van der Waals surface area (Å²) in [5, 5.41) is 14.4. The summed E-state index contributed by atoms with van der Waals surface area (Å²) in [5.74, 6) is 0.479. The van der Waals surface area contributed by atoms with Gasteiger partial charge in [-0.15, -0.1) is 0 Å². The van der Waals surface area contributed by atoms with E-state index >= 15 is 0 Å². The first-order valence-corrected chi connectivity index (χ1v) is 7.67. The molecule has 1 aromatic carbocycles. The van der Waals surface area contributed by atoms with Crippen molar-refractivity contribution in [1.82, 2.24) is 0 Å². The van der Waals surface area contributed by atoms with Crippen LogP contribution < -0.4 is 0 Å². The molecule has 90 valence electrons. The molecule has 0 N–H and O–H groups in total. The lowest BCUT2D eigenvalue weighted by Gasteiger charge is -1.98. The smallest absolute Gasteiger partial charge is 0.0991 e. The van der Waals surface area contributed by atoms with E-state index in [1.54, 1.807) is 28.9 Å². The van der Waals surface area contributed by atoms with E-state index < -0.39 is 10.8 Å². The molecule has 1 atom stereocenters. The Morgan fingerprint density at radius 3 is 2.67 bits per heavy atom. The first-order valence-electron chi connectivity index (χ1n) is 5.34. The number of hydrogen-bond acceptors (Lipinski definition) is 3. The molecule has 2 aromatic rings. The van der Waals surface area contributed by atoms with Crippen molar-refractivity contribution in [2.24, 2.45) is 0 Å². The van der Waals surface area contributed by atoms with Crippen molar-refractivity contribution in [3.8, 4) is 6.07 Å². The van der Waals surface area contributed by atoms with E-state index in [4.69, 9.17) is 5.26 Å². The van der Waals surface area contributed by atoms with Gasteiger partial charge in [-0.1, -0.05) is 12.1 Å². The molecule has 18 heavy (non-hydrogen) atoms. The molecular formula is C14H11NOS2. The van der Waals surface area contributed by atoms with Crippen molar-refractivity contribution in [3.05, 3.63) is 63.2 Å². The van der Waals surface area contributed by atoms with Crippen LogP contribution >= 0.6 is 11.3 Å². The summed E-state index contributed by atoms with van der Waals surface area (Å²) >= 11 is 1.62. The summed E-state index contributed by atoms with van der Waals surface area (Å²) in [4.78, 5) is 0. The maximum absolute atomic E-state index is 11.8. The van der Waals surface area contributed by atoms with Crippen molar-refractivity contribution < 1.29 is 4.21 Å². The van der Waals surface area contributed by atoms with Gasteiger partial charge >= 0.3 is 0 Å². The SMILES string of the molecule is N#Cc1ccc(CS(=O)/C=C/c2ccsc2)cc1. The largest absolute Gasteiger partial charge is 0.255 e. The molecule has 0 aliphatic rings. The minimum absolute atomic E-state index is 0.479. The lowest BCUT2D eigenvalue weighted by Crippen LogP contribution is -1.91. The lowest BCUT2D eigenvalue weighted by atomic mass is 10.2. The van der Waals surface area contributed by atoms with Crippen LogP contribution in [0.4, 0.5) is 0 Å². The van der Waals surface area contributed by atoms with Gasteiger partial charge in [-0.2, -0.15) is 16.6 Å². The van der Waals surface area contributed by atoms with E-state index in [1.807, 2.05) is 35.0 Å². The Hall–Kier alpha value is -1.70. The van der Waals surface area contributed by atoms with Crippen LogP contribution in [0.15, 0.2) is 46.5 Å². The van der Waals surface area contributed by atoms with Gasteiger partial charge < -0.3 is 0 Å². The predicted octanol–water partition coefficient (Wildman–Crippen LogP) is 3.54. The van der Waals surface area contributed by atoms with Crippen LogP contribution in [0, 0.1) is 11.3 Å². The second kappa shape index (κ2) is 6.29. The van der Waals surface area contributed by atoms with Crippen LogP contribution in [0.25, 0.3) is 6.08 Å². The molecule has 0 saturated carbocycles. The molecule has 0 fully saturated rings. The third-order valence-corrected chi connectivity index (χ3v) is 4.11. The highest BCUT2D eigenvalue weighted by Gasteiger charge is 1.98. The first-order chi connectivity index (χ1) is 8.78. The maximum atomic E-state index is 11.8. The molecule has 0 aliphatic heterocycles. The van der Waals surface area contributed by atoms with Gasteiger partial charge in [0.25, 0.3) is 0 Å². The van der Waals surface area contributed by atoms with E-state index in [1.165, 1.54) is 0 Å². The zero-order valence-corrected chi connectivity index (χ0v) is 11.2. The van der Waals surface area contributed by atoms with Crippen LogP contribution in [-0.4, -0.2) is 4.21 Å². The normalized spacial score (nSPS) is 12.4. The number of hydrogen-bond donors (Lipinski definition) is 0. The van der Waals surface area contributed by atoms with Crippen LogP contribution in [0.3, 0.4) is 0 Å².